The standard InChI is InChI=1S/C25H22N4O6/c1-14-4-6-16(7-5-14)20-12-19(22-15(2)29-35-23(22)27-20)24(31)34-13-21(30)28-25(32)26-17-8-10-18(33-3)11-9-17/h4-12H,13H2,1-3H3,(H2,26,28,30,32). The molecular weight excluding hydrogens is 452 g/mol. The van der Waals surface area contributed by atoms with Gasteiger partial charge in [0, 0.05) is 11.3 Å². The molecule has 10 heteroatoms. The first kappa shape index (κ1) is 23.4. The van der Waals surface area contributed by atoms with Crippen LogP contribution >= 0.6 is 0 Å². The van der Waals surface area contributed by atoms with Crippen LogP contribution < -0.4 is 15.4 Å². The molecule has 0 bridgehead atoms. The normalized spacial score (nSPS) is 10.6. The van der Waals surface area contributed by atoms with Crippen LogP contribution in [0.15, 0.2) is 59.1 Å². The molecule has 0 fully saturated rings. The Balaban J connectivity index is 1.44. The molecule has 0 unspecified atom stereocenters. The maximum atomic E-state index is 12.9. The lowest BCUT2D eigenvalue weighted by molar-refractivity contribution is -0.123. The Hall–Kier alpha value is -4.73. The number of amides is 3. The van der Waals surface area contributed by atoms with E-state index in [1.54, 1.807) is 37.3 Å². The fourth-order valence-corrected chi connectivity index (χ4v) is 3.34. The van der Waals surface area contributed by atoms with Crippen LogP contribution in [-0.2, 0) is 9.53 Å². The minimum Gasteiger partial charge on any atom is -0.497 e. The number of esters is 1. The van der Waals surface area contributed by atoms with Crippen LogP contribution in [0.4, 0.5) is 10.5 Å². The molecule has 0 aliphatic heterocycles. The summed E-state index contributed by atoms with van der Waals surface area (Å²) in [4.78, 5) is 41.6. The molecule has 2 N–H and O–H groups in total. The van der Waals surface area contributed by atoms with Gasteiger partial charge in [0.15, 0.2) is 6.61 Å². The number of fused-ring (bicyclic) bond motifs is 1. The van der Waals surface area contributed by atoms with Gasteiger partial charge in [-0.15, -0.1) is 0 Å². The van der Waals surface area contributed by atoms with Gasteiger partial charge in [-0.05, 0) is 44.2 Å². The molecule has 178 valence electrons. The number of anilines is 1. The number of hydrogen-bond acceptors (Lipinski definition) is 8. The number of hydrogen-bond donors (Lipinski definition) is 2. The summed E-state index contributed by atoms with van der Waals surface area (Å²) in [7, 11) is 1.53. The number of urea groups is 1. The van der Waals surface area contributed by atoms with E-state index in [0.717, 1.165) is 11.1 Å². The van der Waals surface area contributed by atoms with Gasteiger partial charge >= 0.3 is 12.0 Å². The van der Waals surface area contributed by atoms with Crippen LogP contribution in [0.3, 0.4) is 0 Å². The molecule has 2 aromatic heterocycles. The molecule has 3 amide bonds. The summed E-state index contributed by atoms with van der Waals surface area (Å²) in [5.41, 5.74) is 3.58. The van der Waals surface area contributed by atoms with Gasteiger partial charge in [-0.1, -0.05) is 35.0 Å². The number of imide groups is 1. The van der Waals surface area contributed by atoms with Gasteiger partial charge in [0.25, 0.3) is 11.6 Å². The number of aryl methyl sites for hydroxylation is 2. The zero-order chi connectivity index (χ0) is 24.9. The van der Waals surface area contributed by atoms with E-state index in [-0.39, 0.29) is 11.3 Å². The third kappa shape index (κ3) is 5.44. The average Bonchev–Trinajstić information content (AvgIpc) is 3.23. The quantitative estimate of drug-likeness (QED) is 0.401. The summed E-state index contributed by atoms with van der Waals surface area (Å²) in [6, 6.07) is 14.9. The van der Waals surface area contributed by atoms with Crippen molar-refractivity contribution in [3.8, 4) is 17.0 Å². The minimum atomic E-state index is -0.796. The third-order valence-corrected chi connectivity index (χ3v) is 5.12. The predicted octanol–water partition coefficient (Wildman–Crippen LogP) is 4.02. The highest BCUT2D eigenvalue weighted by atomic mass is 16.5. The fourth-order valence-electron chi connectivity index (χ4n) is 3.34. The summed E-state index contributed by atoms with van der Waals surface area (Å²) < 4.78 is 15.5. The Morgan fingerprint density at radius 1 is 1.00 bits per heavy atom. The molecule has 10 nitrogen and oxygen atoms in total. The largest absolute Gasteiger partial charge is 0.497 e. The van der Waals surface area contributed by atoms with Crippen molar-refractivity contribution >= 4 is 34.7 Å². The monoisotopic (exact) mass is 474 g/mol. The van der Waals surface area contributed by atoms with Crippen LogP contribution in [0, 0.1) is 13.8 Å². The van der Waals surface area contributed by atoms with Gasteiger partial charge in [0.05, 0.1) is 29.4 Å². The summed E-state index contributed by atoms with van der Waals surface area (Å²) in [6.07, 6.45) is 0. The van der Waals surface area contributed by atoms with Gasteiger partial charge in [0.1, 0.15) is 5.75 Å². The van der Waals surface area contributed by atoms with E-state index in [9.17, 15) is 14.4 Å². The number of ether oxygens (including phenoxy) is 2. The van der Waals surface area contributed by atoms with Crippen molar-refractivity contribution in [2.45, 2.75) is 13.8 Å². The predicted molar refractivity (Wildman–Crippen MR) is 127 cm³/mol. The van der Waals surface area contributed by atoms with Crippen LogP contribution in [0.2, 0.25) is 0 Å². The zero-order valence-corrected chi connectivity index (χ0v) is 19.2. The van der Waals surface area contributed by atoms with Crippen LogP contribution in [0.25, 0.3) is 22.4 Å². The molecule has 35 heavy (non-hydrogen) atoms. The highest BCUT2D eigenvalue weighted by Crippen LogP contribution is 2.27. The molecule has 2 heterocycles. The Bertz CT molecular complexity index is 1390. The minimum absolute atomic E-state index is 0.153. The Labute approximate surface area is 200 Å². The van der Waals surface area contributed by atoms with Gasteiger partial charge in [-0.2, -0.15) is 0 Å². The lowest BCUT2D eigenvalue weighted by atomic mass is 10.0. The number of nitrogens with zero attached hydrogens (tertiary/aromatic N) is 2. The first-order valence-electron chi connectivity index (χ1n) is 10.6. The molecule has 0 saturated heterocycles. The van der Waals surface area contributed by atoms with Crippen molar-refractivity contribution in [3.05, 3.63) is 71.4 Å². The van der Waals surface area contributed by atoms with Crippen LogP contribution in [0.1, 0.15) is 21.6 Å². The summed E-state index contributed by atoms with van der Waals surface area (Å²) >= 11 is 0. The number of aromatic nitrogens is 2. The van der Waals surface area contributed by atoms with E-state index in [1.807, 2.05) is 31.2 Å². The second-order valence-electron chi connectivity index (χ2n) is 7.68. The van der Waals surface area contributed by atoms with E-state index >= 15 is 0 Å². The van der Waals surface area contributed by atoms with Crippen molar-refractivity contribution in [1.82, 2.24) is 15.5 Å². The lowest BCUT2D eigenvalue weighted by Gasteiger charge is -2.09. The average molecular weight is 474 g/mol. The Morgan fingerprint density at radius 2 is 1.71 bits per heavy atom. The Kier molecular flexibility index (Phi) is 6.72. The first-order chi connectivity index (χ1) is 16.8. The van der Waals surface area contributed by atoms with Crippen molar-refractivity contribution in [1.29, 1.82) is 0 Å². The molecule has 0 aliphatic rings. The van der Waals surface area contributed by atoms with E-state index in [2.05, 4.69) is 20.8 Å². The second kappa shape index (κ2) is 10.0. The molecular formula is C25H22N4O6. The molecule has 2 aromatic carbocycles. The van der Waals surface area contributed by atoms with E-state index in [4.69, 9.17) is 14.0 Å². The number of rotatable bonds is 6. The summed E-state index contributed by atoms with van der Waals surface area (Å²) in [5.74, 6) is -0.948. The SMILES string of the molecule is COc1ccc(NC(=O)NC(=O)COC(=O)c2cc(-c3ccc(C)cc3)nc3onc(C)c23)cc1. The highest BCUT2D eigenvalue weighted by molar-refractivity contribution is 6.06. The number of benzene rings is 2. The van der Waals surface area contributed by atoms with Crippen molar-refractivity contribution in [3.63, 3.8) is 0 Å². The highest BCUT2D eigenvalue weighted by Gasteiger charge is 2.21. The topological polar surface area (TPSA) is 133 Å². The summed E-state index contributed by atoms with van der Waals surface area (Å²) in [5, 5.41) is 8.89. The van der Waals surface area contributed by atoms with Crippen molar-refractivity contribution in [2.75, 3.05) is 19.0 Å². The first-order valence-corrected chi connectivity index (χ1v) is 10.6. The Morgan fingerprint density at radius 3 is 2.40 bits per heavy atom. The second-order valence-corrected chi connectivity index (χ2v) is 7.68. The van der Waals surface area contributed by atoms with E-state index < -0.39 is 24.5 Å². The molecule has 4 aromatic rings. The van der Waals surface area contributed by atoms with Crippen LogP contribution in [-0.4, -0.2) is 41.8 Å². The number of nitrogens with one attached hydrogen (secondary N) is 2. The van der Waals surface area contributed by atoms with Crippen molar-refractivity contribution in [2.24, 2.45) is 0 Å². The maximum Gasteiger partial charge on any atom is 0.339 e. The molecule has 0 spiro atoms. The maximum absolute atomic E-state index is 12.9. The molecule has 0 aliphatic carbocycles. The molecule has 0 radical (unpaired) electrons. The number of pyridine rings is 1. The van der Waals surface area contributed by atoms with Crippen LogP contribution in [0.5, 0.6) is 5.75 Å². The van der Waals surface area contributed by atoms with Gasteiger partial charge in [-0.3, -0.25) is 10.1 Å². The van der Waals surface area contributed by atoms with E-state index in [0.29, 0.717) is 28.2 Å². The number of methoxy groups -OCH3 is 1. The van der Waals surface area contributed by atoms with Gasteiger partial charge in [-0.25, -0.2) is 14.6 Å². The van der Waals surface area contributed by atoms with Crippen molar-refractivity contribution < 1.29 is 28.4 Å². The summed E-state index contributed by atoms with van der Waals surface area (Å²) in [6.45, 7) is 2.97. The molecule has 4 rings (SSSR count). The third-order valence-electron chi connectivity index (χ3n) is 5.12. The zero-order valence-electron chi connectivity index (χ0n) is 19.2. The number of carbonyl (C=O) groups is 3. The number of carbonyl (C=O) groups excluding carboxylic acids is 3. The smallest absolute Gasteiger partial charge is 0.339 e. The van der Waals surface area contributed by atoms with E-state index in [1.165, 1.54) is 7.11 Å². The lowest BCUT2D eigenvalue weighted by Crippen LogP contribution is -2.37. The molecule has 0 atom stereocenters. The van der Waals surface area contributed by atoms with Gasteiger partial charge < -0.3 is 19.3 Å². The van der Waals surface area contributed by atoms with Gasteiger partial charge in [0.2, 0.25) is 0 Å². The fraction of sp³-hybridized carbons (Fsp3) is 0.160. The molecule has 0 saturated carbocycles.